The molecule has 0 spiro atoms. The normalized spacial score (nSPS) is 9.93. The lowest BCUT2D eigenvalue weighted by atomic mass is 10.4. The number of nitrogens with one attached hydrogen (secondary N) is 1. The molecule has 1 amide bonds. The second kappa shape index (κ2) is 5.16. The van der Waals surface area contributed by atoms with Gasteiger partial charge in [-0.3, -0.25) is 9.59 Å². The first-order chi connectivity index (χ1) is 7.13. The van der Waals surface area contributed by atoms with Crippen LogP contribution in [-0.4, -0.2) is 30.6 Å². The van der Waals surface area contributed by atoms with Crippen LogP contribution in [0, 0.1) is 0 Å². The molecule has 1 heterocycles. The van der Waals surface area contributed by atoms with Crippen molar-refractivity contribution >= 4 is 11.9 Å². The number of ether oxygens (including phenoxy) is 1. The molecule has 0 atom stereocenters. The number of aliphatic carboxylic acids is 1. The lowest BCUT2D eigenvalue weighted by Gasteiger charge is -1.98. The van der Waals surface area contributed by atoms with Gasteiger partial charge in [-0.15, -0.1) is 0 Å². The van der Waals surface area contributed by atoms with Gasteiger partial charge in [-0.1, -0.05) is 0 Å². The number of carboxylic acid groups (broad SMARTS) is 1. The van der Waals surface area contributed by atoms with E-state index in [1.807, 2.05) is 0 Å². The number of amides is 1. The summed E-state index contributed by atoms with van der Waals surface area (Å²) in [7, 11) is 1.51. The van der Waals surface area contributed by atoms with Crippen molar-refractivity contribution in [1.29, 1.82) is 0 Å². The summed E-state index contributed by atoms with van der Waals surface area (Å²) in [5, 5.41) is 10.5. The molecule has 0 aromatic carbocycles. The molecule has 1 aromatic rings. The Hall–Kier alpha value is -1.82. The molecule has 0 aliphatic rings. The Morgan fingerprint density at radius 1 is 1.53 bits per heavy atom. The highest BCUT2D eigenvalue weighted by Crippen LogP contribution is 2.08. The second-order valence-corrected chi connectivity index (χ2v) is 2.78. The van der Waals surface area contributed by atoms with Crippen molar-refractivity contribution in [2.45, 2.75) is 6.61 Å². The van der Waals surface area contributed by atoms with Crippen molar-refractivity contribution in [3.8, 4) is 0 Å². The standard InChI is InChI=1S/C9H11NO5/c1-14-5-6-2-3-7(15-6)9(13)10-4-8(11)12/h2-3H,4-5H2,1H3,(H,10,13)(H,11,12). The number of methoxy groups -OCH3 is 1. The van der Waals surface area contributed by atoms with Crippen molar-refractivity contribution in [1.82, 2.24) is 5.32 Å². The summed E-state index contributed by atoms with van der Waals surface area (Å²) < 4.78 is 9.89. The summed E-state index contributed by atoms with van der Waals surface area (Å²) in [6.07, 6.45) is 0. The van der Waals surface area contributed by atoms with E-state index in [4.69, 9.17) is 14.3 Å². The fourth-order valence-electron chi connectivity index (χ4n) is 0.963. The van der Waals surface area contributed by atoms with Crippen LogP contribution < -0.4 is 5.32 Å². The third kappa shape index (κ3) is 3.43. The van der Waals surface area contributed by atoms with E-state index in [9.17, 15) is 9.59 Å². The molecule has 6 heteroatoms. The predicted molar refractivity (Wildman–Crippen MR) is 49.4 cm³/mol. The zero-order chi connectivity index (χ0) is 11.3. The fourth-order valence-corrected chi connectivity index (χ4v) is 0.963. The van der Waals surface area contributed by atoms with Crippen LogP contribution in [0.4, 0.5) is 0 Å². The molecule has 0 fully saturated rings. The lowest BCUT2D eigenvalue weighted by molar-refractivity contribution is -0.135. The molecule has 0 unspecified atom stereocenters. The molecule has 1 aromatic heterocycles. The summed E-state index contributed by atoms with van der Waals surface area (Å²) >= 11 is 0. The van der Waals surface area contributed by atoms with E-state index < -0.39 is 18.4 Å². The van der Waals surface area contributed by atoms with Gasteiger partial charge in [0.1, 0.15) is 18.9 Å². The molecule has 82 valence electrons. The molecule has 0 aliphatic heterocycles. The Bertz CT molecular complexity index is 357. The number of carbonyl (C=O) groups is 2. The maximum Gasteiger partial charge on any atom is 0.322 e. The number of hydrogen-bond donors (Lipinski definition) is 2. The van der Waals surface area contributed by atoms with Crippen molar-refractivity contribution in [2.75, 3.05) is 13.7 Å². The smallest absolute Gasteiger partial charge is 0.322 e. The first-order valence-corrected chi connectivity index (χ1v) is 4.21. The number of rotatable bonds is 5. The summed E-state index contributed by atoms with van der Waals surface area (Å²) in [6.45, 7) is -0.161. The monoisotopic (exact) mass is 213 g/mol. The van der Waals surface area contributed by atoms with E-state index in [0.717, 1.165) is 0 Å². The van der Waals surface area contributed by atoms with Crippen LogP contribution in [0.15, 0.2) is 16.5 Å². The van der Waals surface area contributed by atoms with Crippen molar-refractivity contribution in [2.24, 2.45) is 0 Å². The van der Waals surface area contributed by atoms with Crippen molar-refractivity contribution < 1.29 is 23.8 Å². The van der Waals surface area contributed by atoms with E-state index in [-0.39, 0.29) is 12.4 Å². The van der Waals surface area contributed by atoms with Gasteiger partial charge in [0.15, 0.2) is 5.76 Å². The Labute approximate surface area is 85.8 Å². The maximum absolute atomic E-state index is 11.3. The molecular formula is C9H11NO5. The highest BCUT2D eigenvalue weighted by Gasteiger charge is 2.11. The molecule has 6 nitrogen and oxygen atoms in total. The van der Waals surface area contributed by atoms with Crippen LogP contribution in [0.3, 0.4) is 0 Å². The third-order valence-corrected chi connectivity index (χ3v) is 1.57. The van der Waals surface area contributed by atoms with Gasteiger partial charge in [0, 0.05) is 7.11 Å². The minimum atomic E-state index is -1.10. The minimum Gasteiger partial charge on any atom is -0.480 e. The molecule has 1 rings (SSSR count). The quantitative estimate of drug-likeness (QED) is 0.731. The zero-order valence-electron chi connectivity index (χ0n) is 8.15. The molecule has 0 radical (unpaired) electrons. The Kier molecular flexibility index (Phi) is 3.87. The summed E-state index contributed by atoms with van der Waals surface area (Å²) in [6, 6.07) is 3.06. The van der Waals surface area contributed by atoms with Gasteiger partial charge in [0.05, 0.1) is 0 Å². The fraction of sp³-hybridized carbons (Fsp3) is 0.333. The van der Waals surface area contributed by atoms with E-state index >= 15 is 0 Å². The van der Waals surface area contributed by atoms with Gasteiger partial charge in [0.2, 0.25) is 0 Å². The zero-order valence-corrected chi connectivity index (χ0v) is 8.15. The van der Waals surface area contributed by atoms with Gasteiger partial charge < -0.3 is 19.6 Å². The number of carboxylic acids is 1. The lowest BCUT2D eigenvalue weighted by Crippen LogP contribution is -2.28. The number of hydrogen-bond acceptors (Lipinski definition) is 4. The SMILES string of the molecule is COCc1ccc(C(=O)NCC(=O)O)o1. The van der Waals surface area contributed by atoms with Gasteiger partial charge in [0.25, 0.3) is 5.91 Å². The van der Waals surface area contributed by atoms with Gasteiger partial charge in [-0.2, -0.15) is 0 Å². The van der Waals surface area contributed by atoms with Crippen LogP contribution in [0.5, 0.6) is 0 Å². The van der Waals surface area contributed by atoms with Crippen molar-refractivity contribution in [3.63, 3.8) is 0 Å². The van der Waals surface area contributed by atoms with Crippen LogP contribution in [-0.2, 0) is 16.1 Å². The highest BCUT2D eigenvalue weighted by molar-refractivity contribution is 5.93. The molecule has 0 aliphatic carbocycles. The first-order valence-electron chi connectivity index (χ1n) is 4.21. The number of furan rings is 1. The van der Waals surface area contributed by atoms with Gasteiger partial charge in [-0.25, -0.2) is 0 Å². The second-order valence-electron chi connectivity index (χ2n) is 2.78. The third-order valence-electron chi connectivity index (χ3n) is 1.57. The average molecular weight is 213 g/mol. The topological polar surface area (TPSA) is 88.8 Å². The Morgan fingerprint density at radius 2 is 2.27 bits per heavy atom. The van der Waals surface area contributed by atoms with E-state index in [1.165, 1.54) is 13.2 Å². The molecule has 2 N–H and O–H groups in total. The molecule has 0 saturated carbocycles. The largest absolute Gasteiger partial charge is 0.480 e. The summed E-state index contributed by atoms with van der Waals surface area (Å²) in [5.41, 5.74) is 0. The molecule has 15 heavy (non-hydrogen) atoms. The summed E-state index contributed by atoms with van der Waals surface area (Å²) in [5.74, 6) is -1.08. The van der Waals surface area contributed by atoms with Crippen LogP contribution >= 0.6 is 0 Å². The molecule has 0 bridgehead atoms. The predicted octanol–water partition coefficient (Wildman–Crippen LogP) is 0.240. The Morgan fingerprint density at radius 3 is 2.87 bits per heavy atom. The molecule has 0 saturated heterocycles. The van der Waals surface area contributed by atoms with Crippen LogP contribution in [0.1, 0.15) is 16.3 Å². The van der Waals surface area contributed by atoms with Crippen LogP contribution in [0.2, 0.25) is 0 Å². The van der Waals surface area contributed by atoms with E-state index in [2.05, 4.69) is 5.32 Å². The number of carbonyl (C=O) groups excluding carboxylic acids is 1. The van der Waals surface area contributed by atoms with Gasteiger partial charge >= 0.3 is 5.97 Å². The molecular weight excluding hydrogens is 202 g/mol. The van der Waals surface area contributed by atoms with Crippen LogP contribution in [0.25, 0.3) is 0 Å². The summed E-state index contributed by atoms with van der Waals surface area (Å²) in [4.78, 5) is 21.4. The average Bonchev–Trinajstić information content (AvgIpc) is 2.63. The Balaban J connectivity index is 2.54. The van der Waals surface area contributed by atoms with Gasteiger partial charge in [-0.05, 0) is 12.1 Å². The van der Waals surface area contributed by atoms with Crippen molar-refractivity contribution in [3.05, 3.63) is 23.7 Å². The first kappa shape index (κ1) is 11.3. The highest BCUT2D eigenvalue weighted by atomic mass is 16.5. The maximum atomic E-state index is 11.3. The minimum absolute atomic E-state index is 0.0725. The van der Waals surface area contributed by atoms with E-state index in [1.54, 1.807) is 6.07 Å². The van der Waals surface area contributed by atoms with E-state index in [0.29, 0.717) is 5.76 Å².